The highest BCUT2D eigenvalue weighted by molar-refractivity contribution is 5.97. The van der Waals surface area contributed by atoms with Crippen LogP contribution >= 0.6 is 0 Å². The molecular weight excluding hydrogens is 326 g/mol. The molecule has 0 aliphatic carbocycles. The summed E-state index contributed by atoms with van der Waals surface area (Å²) >= 11 is 0. The quantitative estimate of drug-likeness (QED) is 0.792. The number of hydrogen-bond donors (Lipinski definition) is 1. The van der Waals surface area contributed by atoms with Crippen LogP contribution in [0.25, 0.3) is 10.9 Å². The first-order valence-electron chi connectivity index (χ1n) is 8.90. The maximum atomic E-state index is 12.8. The Labute approximate surface area is 152 Å². The number of carbonyl (C=O) groups is 2. The van der Waals surface area contributed by atoms with E-state index < -0.39 is 0 Å². The van der Waals surface area contributed by atoms with Crippen molar-refractivity contribution >= 4 is 28.4 Å². The fraction of sp³-hybridized carbons (Fsp3) is 0.238. The number of H-pyrrole nitrogens is 1. The summed E-state index contributed by atoms with van der Waals surface area (Å²) in [6, 6.07) is 17.6. The number of aromatic amines is 1. The van der Waals surface area contributed by atoms with Gasteiger partial charge < -0.3 is 14.8 Å². The van der Waals surface area contributed by atoms with Crippen LogP contribution < -0.4 is 4.90 Å². The summed E-state index contributed by atoms with van der Waals surface area (Å²) in [5.74, 6) is -0.0287. The van der Waals surface area contributed by atoms with E-state index in [9.17, 15) is 9.59 Å². The van der Waals surface area contributed by atoms with Crippen molar-refractivity contribution in [2.45, 2.75) is 12.8 Å². The lowest BCUT2D eigenvalue weighted by Crippen LogP contribution is -2.40. The molecular formula is C21H21N3O2. The first-order valence-corrected chi connectivity index (χ1v) is 8.90. The van der Waals surface area contributed by atoms with E-state index in [-0.39, 0.29) is 18.4 Å². The van der Waals surface area contributed by atoms with Crippen LogP contribution in [0.3, 0.4) is 0 Å². The molecule has 4 rings (SSSR count). The minimum Gasteiger partial charge on any atom is -0.361 e. The smallest absolute Gasteiger partial charge is 0.246 e. The van der Waals surface area contributed by atoms with Gasteiger partial charge in [-0.15, -0.1) is 0 Å². The van der Waals surface area contributed by atoms with Crippen molar-refractivity contribution in [1.82, 2.24) is 9.88 Å². The molecule has 0 saturated carbocycles. The van der Waals surface area contributed by atoms with E-state index in [0.29, 0.717) is 19.5 Å². The van der Waals surface area contributed by atoms with Gasteiger partial charge in [-0.25, -0.2) is 0 Å². The summed E-state index contributed by atoms with van der Waals surface area (Å²) < 4.78 is 0. The molecule has 26 heavy (non-hydrogen) atoms. The lowest BCUT2D eigenvalue weighted by Gasteiger charge is -2.22. The predicted molar refractivity (Wildman–Crippen MR) is 102 cm³/mol. The molecule has 0 bridgehead atoms. The van der Waals surface area contributed by atoms with Gasteiger partial charge in [-0.05, 0) is 30.2 Å². The highest BCUT2D eigenvalue weighted by Gasteiger charge is 2.26. The molecule has 1 aromatic heterocycles. The third kappa shape index (κ3) is 3.20. The van der Waals surface area contributed by atoms with Crippen molar-refractivity contribution in [3.05, 3.63) is 66.4 Å². The summed E-state index contributed by atoms with van der Waals surface area (Å²) in [6.45, 7) is 1.38. The van der Waals surface area contributed by atoms with Crippen LogP contribution in [0.5, 0.6) is 0 Å². The zero-order chi connectivity index (χ0) is 17.9. The van der Waals surface area contributed by atoms with Gasteiger partial charge in [0.15, 0.2) is 0 Å². The fourth-order valence-electron chi connectivity index (χ4n) is 3.52. The topological polar surface area (TPSA) is 56.4 Å². The Morgan fingerprint density at radius 1 is 1.00 bits per heavy atom. The van der Waals surface area contributed by atoms with Crippen molar-refractivity contribution in [3.63, 3.8) is 0 Å². The largest absolute Gasteiger partial charge is 0.361 e. The first-order chi connectivity index (χ1) is 12.7. The predicted octanol–water partition coefficient (Wildman–Crippen LogP) is 2.98. The highest BCUT2D eigenvalue weighted by Crippen LogP contribution is 2.20. The van der Waals surface area contributed by atoms with E-state index in [1.807, 2.05) is 60.8 Å². The molecule has 2 heterocycles. The van der Waals surface area contributed by atoms with Crippen molar-refractivity contribution in [2.75, 3.05) is 24.5 Å². The van der Waals surface area contributed by atoms with Gasteiger partial charge in [-0.2, -0.15) is 0 Å². The van der Waals surface area contributed by atoms with Crippen molar-refractivity contribution < 1.29 is 9.59 Å². The van der Waals surface area contributed by atoms with Gasteiger partial charge >= 0.3 is 0 Å². The molecule has 3 aromatic rings. The first kappa shape index (κ1) is 16.4. The van der Waals surface area contributed by atoms with Gasteiger partial charge in [-0.1, -0.05) is 36.4 Å². The molecule has 0 spiro atoms. The number of nitrogens with zero attached hydrogens (tertiary/aromatic N) is 2. The normalized spacial score (nSPS) is 15.3. The Balaban J connectivity index is 1.48. The number of aromatic nitrogens is 1. The molecule has 132 valence electrons. The third-order valence-corrected chi connectivity index (χ3v) is 4.87. The van der Waals surface area contributed by atoms with Crippen LogP contribution in [0.1, 0.15) is 12.0 Å². The Kier molecular flexibility index (Phi) is 4.44. The number of hydrogen-bond acceptors (Lipinski definition) is 2. The standard InChI is InChI=1S/C21H21N3O2/c25-20(13-16-14-22-19-10-5-4-9-18(16)19)23-11-6-12-24(21(26)15-23)17-7-2-1-3-8-17/h1-5,7-10,14,22H,6,11-13,15H2. The number of carbonyl (C=O) groups excluding carboxylic acids is 2. The molecule has 5 heteroatoms. The second-order valence-electron chi connectivity index (χ2n) is 6.59. The zero-order valence-electron chi connectivity index (χ0n) is 14.5. The lowest BCUT2D eigenvalue weighted by atomic mass is 10.1. The molecule has 2 aromatic carbocycles. The number of para-hydroxylation sites is 2. The summed E-state index contributed by atoms with van der Waals surface area (Å²) in [7, 11) is 0. The number of fused-ring (bicyclic) bond motifs is 1. The average Bonchev–Trinajstić information content (AvgIpc) is 2.96. The molecule has 1 saturated heterocycles. The molecule has 0 atom stereocenters. The minimum atomic E-state index is -0.0269. The van der Waals surface area contributed by atoms with Crippen LogP contribution in [-0.2, 0) is 16.0 Å². The molecule has 1 fully saturated rings. The number of rotatable bonds is 3. The van der Waals surface area contributed by atoms with E-state index in [4.69, 9.17) is 0 Å². The van der Waals surface area contributed by atoms with Crippen LogP contribution in [-0.4, -0.2) is 41.3 Å². The average molecular weight is 347 g/mol. The van der Waals surface area contributed by atoms with Crippen LogP contribution in [0, 0.1) is 0 Å². The summed E-state index contributed by atoms with van der Waals surface area (Å²) in [5, 5.41) is 1.06. The molecule has 2 amide bonds. The van der Waals surface area contributed by atoms with Crippen LogP contribution in [0.2, 0.25) is 0 Å². The van der Waals surface area contributed by atoms with Gasteiger partial charge in [-0.3, -0.25) is 9.59 Å². The monoisotopic (exact) mass is 347 g/mol. The molecule has 0 unspecified atom stereocenters. The third-order valence-electron chi connectivity index (χ3n) is 4.87. The second-order valence-corrected chi connectivity index (χ2v) is 6.59. The van der Waals surface area contributed by atoms with Gasteiger partial charge in [0.1, 0.15) is 6.54 Å². The molecule has 1 aliphatic heterocycles. The van der Waals surface area contributed by atoms with E-state index in [0.717, 1.165) is 28.6 Å². The van der Waals surface area contributed by atoms with Gasteiger partial charge in [0.2, 0.25) is 11.8 Å². The fourth-order valence-corrected chi connectivity index (χ4v) is 3.52. The van der Waals surface area contributed by atoms with Crippen LogP contribution in [0.15, 0.2) is 60.8 Å². The van der Waals surface area contributed by atoms with Gasteiger partial charge in [0.25, 0.3) is 0 Å². The van der Waals surface area contributed by atoms with Crippen LogP contribution in [0.4, 0.5) is 5.69 Å². The maximum absolute atomic E-state index is 12.8. The van der Waals surface area contributed by atoms with E-state index in [1.54, 1.807) is 9.80 Å². The Hall–Kier alpha value is -3.08. The number of anilines is 1. The molecule has 0 radical (unpaired) electrons. The van der Waals surface area contributed by atoms with E-state index >= 15 is 0 Å². The Bertz CT molecular complexity index is 933. The maximum Gasteiger partial charge on any atom is 0.246 e. The van der Waals surface area contributed by atoms with Crippen molar-refractivity contribution in [2.24, 2.45) is 0 Å². The zero-order valence-corrected chi connectivity index (χ0v) is 14.5. The number of amides is 2. The summed E-state index contributed by atoms with van der Waals surface area (Å²) in [6.07, 6.45) is 2.97. The van der Waals surface area contributed by atoms with Crippen molar-refractivity contribution in [3.8, 4) is 0 Å². The second kappa shape index (κ2) is 7.04. The van der Waals surface area contributed by atoms with Gasteiger partial charge in [0.05, 0.1) is 6.42 Å². The van der Waals surface area contributed by atoms with Crippen molar-refractivity contribution in [1.29, 1.82) is 0 Å². The Morgan fingerprint density at radius 2 is 1.77 bits per heavy atom. The minimum absolute atomic E-state index is 0.00184. The molecule has 1 aliphatic rings. The lowest BCUT2D eigenvalue weighted by molar-refractivity contribution is -0.134. The Morgan fingerprint density at radius 3 is 2.62 bits per heavy atom. The SMILES string of the molecule is O=C(Cc1c[nH]c2ccccc12)N1CCCN(c2ccccc2)C(=O)C1. The van der Waals surface area contributed by atoms with Gasteiger partial charge in [0, 0.05) is 35.9 Å². The molecule has 5 nitrogen and oxygen atoms in total. The number of nitrogens with one attached hydrogen (secondary N) is 1. The van der Waals surface area contributed by atoms with E-state index in [2.05, 4.69) is 4.98 Å². The highest BCUT2D eigenvalue weighted by atomic mass is 16.2. The molecule has 1 N–H and O–H groups in total. The summed E-state index contributed by atoms with van der Waals surface area (Å²) in [5.41, 5.74) is 2.89. The van der Waals surface area contributed by atoms with E-state index in [1.165, 1.54) is 0 Å². The number of benzene rings is 2. The summed E-state index contributed by atoms with van der Waals surface area (Å²) in [4.78, 5) is 32.1.